The number of rotatable bonds is 9. The summed E-state index contributed by atoms with van der Waals surface area (Å²) in [6, 6.07) is 12.0. The SMILES string of the molecule is C.C/C=C(/C)C(=O)OC[C@H]1[C@@H](Cc2ccc(C(C)(F)F)cc2)CO[C@@H]1c1ccc(OC)c(OC)c1. The molecule has 192 valence electrons. The molecule has 1 saturated heterocycles. The summed E-state index contributed by atoms with van der Waals surface area (Å²) in [7, 11) is 3.15. The zero-order valence-electron chi connectivity index (χ0n) is 20.3. The molecule has 1 aliphatic heterocycles. The fourth-order valence-corrected chi connectivity index (χ4v) is 4.17. The van der Waals surface area contributed by atoms with E-state index in [0.717, 1.165) is 18.1 Å². The van der Waals surface area contributed by atoms with E-state index in [-0.39, 0.29) is 43.5 Å². The highest BCUT2D eigenvalue weighted by Crippen LogP contribution is 2.42. The number of alkyl halides is 2. The van der Waals surface area contributed by atoms with E-state index in [2.05, 4.69) is 0 Å². The highest BCUT2D eigenvalue weighted by atomic mass is 19.3. The Labute approximate surface area is 207 Å². The monoisotopic (exact) mass is 490 g/mol. The molecule has 3 atom stereocenters. The van der Waals surface area contributed by atoms with Crippen LogP contribution in [0.15, 0.2) is 54.1 Å². The van der Waals surface area contributed by atoms with Crippen LogP contribution < -0.4 is 9.47 Å². The molecule has 1 heterocycles. The van der Waals surface area contributed by atoms with E-state index in [1.807, 2.05) is 18.2 Å². The number of carbonyl (C=O) groups excluding carboxylic acids is 1. The predicted octanol–water partition coefficient (Wildman–Crippen LogP) is 6.51. The lowest BCUT2D eigenvalue weighted by Crippen LogP contribution is -2.24. The Morgan fingerprint density at radius 2 is 1.77 bits per heavy atom. The molecule has 1 aliphatic rings. The summed E-state index contributed by atoms with van der Waals surface area (Å²) in [6.45, 7) is 5.02. The number of esters is 1. The molecule has 2 aromatic rings. The van der Waals surface area contributed by atoms with Crippen LogP contribution in [0.25, 0.3) is 0 Å². The molecule has 0 bridgehead atoms. The van der Waals surface area contributed by atoms with Gasteiger partial charge in [-0.1, -0.05) is 43.8 Å². The molecule has 2 aromatic carbocycles. The second-order valence-electron chi connectivity index (χ2n) is 8.65. The van der Waals surface area contributed by atoms with Crippen molar-refractivity contribution in [3.05, 3.63) is 70.8 Å². The van der Waals surface area contributed by atoms with Crippen molar-refractivity contribution in [3.63, 3.8) is 0 Å². The third-order valence-electron chi connectivity index (χ3n) is 6.34. The number of allylic oxidation sites excluding steroid dienone is 1. The van der Waals surface area contributed by atoms with Crippen molar-refractivity contribution in [3.8, 4) is 11.5 Å². The van der Waals surface area contributed by atoms with Crippen LogP contribution in [0, 0.1) is 11.8 Å². The smallest absolute Gasteiger partial charge is 0.333 e. The third kappa shape index (κ3) is 6.82. The highest BCUT2D eigenvalue weighted by molar-refractivity contribution is 5.87. The van der Waals surface area contributed by atoms with Crippen molar-refractivity contribution in [1.29, 1.82) is 0 Å². The Kier molecular flexibility index (Phi) is 9.83. The van der Waals surface area contributed by atoms with Crippen molar-refractivity contribution >= 4 is 5.97 Å². The van der Waals surface area contributed by atoms with Crippen LogP contribution in [0.5, 0.6) is 11.5 Å². The van der Waals surface area contributed by atoms with Crippen LogP contribution >= 0.6 is 0 Å². The van der Waals surface area contributed by atoms with E-state index in [1.165, 1.54) is 12.1 Å². The summed E-state index contributed by atoms with van der Waals surface area (Å²) < 4.78 is 49.8. The second-order valence-corrected chi connectivity index (χ2v) is 8.65. The number of hydrogen-bond donors (Lipinski definition) is 0. The van der Waals surface area contributed by atoms with Crippen LogP contribution in [-0.2, 0) is 26.6 Å². The standard InChI is InChI=1S/C27H32F2O5.CH4/c1-6-17(2)26(30)34-16-22-20(13-18-7-10-21(11-8-18)27(3,28)29)15-33-25(22)19-9-12-23(31-4)24(14-19)32-5;/h6-12,14,20,22,25H,13,15-16H2,1-5H3;1H4/b17-6-;/t20-,22-,25+;/m0./s1. The van der Waals surface area contributed by atoms with E-state index >= 15 is 0 Å². The molecular weight excluding hydrogens is 454 g/mol. The number of methoxy groups -OCH3 is 2. The van der Waals surface area contributed by atoms with Gasteiger partial charge in [0, 0.05) is 24.0 Å². The molecule has 3 rings (SSSR count). The summed E-state index contributed by atoms with van der Waals surface area (Å²) in [4.78, 5) is 12.3. The van der Waals surface area contributed by atoms with Gasteiger partial charge in [-0.05, 0) is 49.4 Å². The van der Waals surface area contributed by atoms with Crippen LogP contribution in [0.3, 0.4) is 0 Å². The normalized spacial score (nSPS) is 20.2. The number of benzene rings is 2. The predicted molar refractivity (Wildman–Crippen MR) is 132 cm³/mol. The number of hydrogen-bond acceptors (Lipinski definition) is 5. The first kappa shape index (κ1) is 28.3. The van der Waals surface area contributed by atoms with Gasteiger partial charge in [-0.2, -0.15) is 0 Å². The largest absolute Gasteiger partial charge is 0.493 e. The minimum Gasteiger partial charge on any atom is -0.493 e. The summed E-state index contributed by atoms with van der Waals surface area (Å²) >= 11 is 0. The Bertz CT molecular complexity index is 1010. The van der Waals surface area contributed by atoms with Crippen LogP contribution in [0.2, 0.25) is 0 Å². The van der Waals surface area contributed by atoms with Gasteiger partial charge in [0.15, 0.2) is 11.5 Å². The van der Waals surface area contributed by atoms with Gasteiger partial charge in [-0.3, -0.25) is 0 Å². The Balaban J connectivity index is 0.00000432. The molecule has 0 radical (unpaired) electrons. The van der Waals surface area contributed by atoms with E-state index in [1.54, 1.807) is 46.3 Å². The van der Waals surface area contributed by atoms with E-state index in [0.29, 0.717) is 30.1 Å². The van der Waals surface area contributed by atoms with Crippen molar-refractivity contribution in [2.75, 3.05) is 27.4 Å². The fourth-order valence-electron chi connectivity index (χ4n) is 4.17. The molecule has 5 nitrogen and oxygen atoms in total. The van der Waals surface area contributed by atoms with Crippen molar-refractivity contribution in [1.82, 2.24) is 0 Å². The summed E-state index contributed by atoms with van der Waals surface area (Å²) in [6.07, 6.45) is 2.01. The Morgan fingerprint density at radius 3 is 2.34 bits per heavy atom. The molecule has 0 N–H and O–H groups in total. The Morgan fingerprint density at radius 1 is 1.11 bits per heavy atom. The first-order valence-corrected chi connectivity index (χ1v) is 11.3. The average Bonchev–Trinajstić information content (AvgIpc) is 3.23. The first-order valence-electron chi connectivity index (χ1n) is 11.3. The molecule has 0 saturated carbocycles. The van der Waals surface area contributed by atoms with Gasteiger partial charge in [0.25, 0.3) is 5.92 Å². The Hall–Kier alpha value is -2.93. The van der Waals surface area contributed by atoms with Crippen molar-refractivity contribution in [2.45, 2.75) is 46.6 Å². The highest BCUT2D eigenvalue weighted by Gasteiger charge is 2.39. The van der Waals surface area contributed by atoms with Crippen LogP contribution in [-0.4, -0.2) is 33.4 Å². The molecule has 1 fully saturated rings. The lowest BCUT2D eigenvalue weighted by Gasteiger charge is -2.24. The van der Waals surface area contributed by atoms with Gasteiger partial charge in [-0.15, -0.1) is 0 Å². The maximum absolute atomic E-state index is 13.6. The van der Waals surface area contributed by atoms with Crippen molar-refractivity contribution < 1.29 is 32.5 Å². The number of carbonyl (C=O) groups is 1. The summed E-state index contributed by atoms with van der Waals surface area (Å²) in [5.74, 6) is -2.14. The lowest BCUT2D eigenvalue weighted by molar-refractivity contribution is -0.141. The molecular formula is C28H36F2O5. The lowest BCUT2D eigenvalue weighted by atomic mass is 9.84. The minimum atomic E-state index is -2.88. The fraction of sp³-hybridized carbons (Fsp3) is 0.464. The third-order valence-corrected chi connectivity index (χ3v) is 6.34. The maximum Gasteiger partial charge on any atom is 0.333 e. The van der Waals surface area contributed by atoms with Gasteiger partial charge in [0.2, 0.25) is 0 Å². The van der Waals surface area contributed by atoms with E-state index < -0.39 is 5.92 Å². The molecule has 0 spiro atoms. The molecule has 0 aliphatic carbocycles. The van der Waals surface area contributed by atoms with Gasteiger partial charge in [0.1, 0.15) is 0 Å². The first-order chi connectivity index (χ1) is 16.2. The number of ether oxygens (including phenoxy) is 4. The zero-order valence-corrected chi connectivity index (χ0v) is 20.3. The number of halogens is 2. The molecule has 35 heavy (non-hydrogen) atoms. The quantitative estimate of drug-likeness (QED) is 0.296. The molecule has 7 heteroatoms. The summed E-state index contributed by atoms with van der Waals surface area (Å²) in [5.41, 5.74) is 2.34. The molecule has 0 unspecified atom stereocenters. The van der Waals surface area contributed by atoms with E-state index in [4.69, 9.17) is 18.9 Å². The van der Waals surface area contributed by atoms with Gasteiger partial charge in [0.05, 0.1) is 33.5 Å². The van der Waals surface area contributed by atoms with E-state index in [9.17, 15) is 13.6 Å². The molecule has 0 aromatic heterocycles. The average molecular weight is 491 g/mol. The summed E-state index contributed by atoms with van der Waals surface area (Å²) in [5, 5.41) is 0. The van der Waals surface area contributed by atoms with Crippen molar-refractivity contribution in [2.24, 2.45) is 11.8 Å². The topological polar surface area (TPSA) is 54.0 Å². The maximum atomic E-state index is 13.6. The minimum absolute atomic E-state index is 0. The van der Waals surface area contributed by atoms with Gasteiger partial charge in [-0.25, -0.2) is 13.6 Å². The molecule has 0 amide bonds. The van der Waals surface area contributed by atoms with Gasteiger partial charge >= 0.3 is 5.97 Å². The van der Waals surface area contributed by atoms with Crippen LogP contribution in [0.1, 0.15) is 51.0 Å². The second kappa shape index (κ2) is 12.2. The van der Waals surface area contributed by atoms with Crippen LogP contribution in [0.4, 0.5) is 8.78 Å². The zero-order chi connectivity index (χ0) is 24.9. The van der Waals surface area contributed by atoms with Gasteiger partial charge < -0.3 is 18.9 Å².